The number of hydrogen-bond acceptors (Lipinski definition) is 2. The second kappa shape index (κ2) is 8.61. The van der Waals surface area contributed by atoms with Gasteiger partial charge < -0.3 is 10.6 Å². The lowest BCUT2D eigenvalue weighted by Crippen LogP contribution is -2.45. The summed E-state index contributed by atoms with van der Waals surface area (Å²) in [6, 6.07) is 14.3. The van der Waals surface area contributed by atoms with E-state index in [9.17, 15) is 0 Å². The zero-order valence-electron chi connectivity index (χ0n) is 14.1. The van der Waals surface area contributed by atoms with E-state index in [4.69, 9.17) is 24.4 Å². The van der Waals surface area contributed by atoms with Crippen molar-refractivity contribution in [3.63, 3.8) is 0 Å². The zero-order valence-corrected chi connectivity index (χ0v) is 15.7. The highest BCUT2D eigenvalue weighted by Crippen LogP contribution is 2.15. The molecule has 4 nitrogen and oxygen atoms in total. The number of aryl methyl sites for hydroxylation is 3. The second-order valence-corrected chi connectivity index (χ2v) is 6.34. The summed E-state index contributed by atoms with van der Waals surface area (Å²) in [5.41, 5.74) is 11.3. The van der Waals surface area contributed by atoms with Gasteiger partial charge in [-0.25, -0.2) is 0 Å². The van der Waals surface area contributed by atoms with E-state index >= 15 is 0 Å². The maximum Gasteiger partial charge on any atom is 0.189 e. The van der Waals surface area contributed by atoms with Gasteiger partial charge in [0.1, 0.15) is 0 Å². The van der Waals surface area contributed by atoms with Crippen LogP contribution in [-0.2, 0) is 6.42 Å². The zero-order chi connectivity index (χ0) is 17.5. The number of nitrogens with one attached hydrogen (secondary N) is 4. The number of hydrogen-bond donors (Lipinski definition) is 4. The first kappa shape index (κ1) is 18.2. The molecule has 0 aliphatic carbocycles. The number of rotatable bonds is 3. The highest BCUT2D eigenvalue weighted by molar-refractivity contribution is 7.81. The fourth-order valence-corrected chi connectivity index (χ4v) is 2.54. The van der Waals surface area contributed by atoms with E-state index in [0.717, 1.165) is 23.4 Å². The Morgan fingerprint density at radius 2 is 1.50 bits per heavy atom. The predicted molar refractivity (Wildman–Crippen MR) is 110 cm³/mol. The number of hydrazine groups is 1. The van der Waals surface area contributed by atoms with Crippen LogP contribution in [0.2, 0.25) is 0 Å². The fraction of sp³-hybridized carbons (Fsp3) is 0.222. The number of anilines is 2. The van der Waals surface area contributed by atoms with Crippen LogP contribution in [0, 0.1) is 13.8 Å². The standard InChI is InChI=1S/C18H22N4S2/c1-4-14-6-8-15(9-7-14)19-17(23)21-22-18(24)20-16-10-5-12(2)11-13(16)3/h5-11H,4H2,1-3H3,(H2,19,21,23)(H2,20,22,24). The summed E-state index contributed by atoms with van der Waals surface area (Å²) >= 11 is 10.5. The summed E-state index contributed by atoms with van der Waals surface area (Å²) in [6.07, 6.45) is 1.02. The molecule has 2 aromatic carbocycles. The molecule has 4 N–H and O–H groups in total. The van der Waals surface area contributed by atoms with Crippen LogP contribution in [0.5, 0.6) is 0 Å². The van der Waals surface area contributed by atoms with Crippen LogP contribution in [0.15, 0.2) is 42.5 Å². The van der Waals surface area contributed by atoms with Gasteiger partial charge in [-0.2, -0.15) is 0 Å². The quantitative estimate of drug-likeness (QED) is 0.490. The average molecular weight is 359 g/mol. The molecular weight excluding hydrogens is 336 g/mol. The molecule has 0 bridgehead atoms. The summed E-state index contributed by atoms with van der Waals surface area (Å²) in [5.74, 6) is 0. The first-order valence-corrected chi connectivity index (χ1v) is 8.59. The van der Waals surface area contributed by atoms with E-state index < -0.39 is 0 Å². The number of thiocarbonyl (C=S) groups is 2. The third kappa shape index (κ3) is 5.47. The Morgan fingerprint density at radius 3 is 2.08 bits per heavy atom. The molecule has 0 aromatic heterocycles. The van der Waals surface area contributed by atoms with Crippen molar-refractivity contribution in [1.82, 2.24) is 10.9 Å². The molecule has 0 unspecified atom stereocenters. The molecule has 0 saturated carbocycles. The van der Waals surface area contributed by atoms with Gasteiger partial charge in [-0.05, 0) is 74.0 Å². The summed E-state index contributed by atoms with van der Waals surface area (Å²) in [4.78, 5) is 0. The van der Waals surface area contributed by atoms with Gasteiger partial charge in [-0.15, -0.1) is 0 Å². The monoisotopic (exact) mass is 358 g/mol. The van der Waals surface area contributed by atoms with Crippen LogP contribution in [0.25, 0.3) is 0 Å². The van der Waals surface area contributed by atoms with Gasteiger partial charge in [-0.1, -0.05) is 36.8 Å². The van der Waals surface area contributed by atoms with Gasteiger partial charge >= 0.3 is 0 Å². The predicted octanol–water partition coefficient (Wildman–Crippen LogP) is 4.05. The Labute approximate surface area is 154 Å². The summed E-state index contributed by atoms with van der Waals surface area (Å²) < 4.78 is 0. The highest BCUT2D eigenvalue weighted by Gasteiger charge is 2.02. The van der Waals surface area contributed by atoms with Crippen LogP contribution >= 0.6 is 24.4 Å². The average Bonchev–Trinajstić information content (AvgIpc) is 2.56. The second-order valence-electron chi connectivity index (χ2n) is 5.53. The lowest BCUT2D eigenvalue weighted by atomic mass is 10.1. The van der Waals surface area contributed by atoms with E-state index in [1.807, 2.05) is 31.2 Å². The number of benzene rings is 2. The molecule has 24 heavy (non-hydrogen) atoms. The molecule has 126 valence electrons. The minimum atomic E-state index is 0.448. The molecule has 0 radical (unpaired) electrons. The molecule has 0 aliphatic heterocycles. The smallest absolute Gasteiger partial charge is 0.189 e. The van der Waals surface area contributed by atoms with Gasteiger partial charge in [0.2, 0.25) is 0 Å². The molecule has 2 rings (SSSR count). The van der Waals surface area contributed by atoms with Gasteiger partial charge in [0.05, 0.1) is 0 Å². The Bertz CT molecular complexity index is 726. The molecule has 0 saturated heterocycles. The molecular formula is C18H22N4S2. The Morgan fingerprint density at radius 1 is 0.875 bits per heavy atom. The van der Waals surface area contributed by atoms with Crippen molar-refractivity contribution in [2.45, 2.75) is 27.2 Å². The molecule has 0 spiro atoms. The van der Waals surface area contributed by atoms with Crippen molar-refractivity contribution in [2.75, 3.05) is 10.6 Å². The fourth-order valence-electron chi connectivity index (χ4n) is 2.21. The van der Waals surface area contributed by atoms with E-state index in [1.165, 1.54) is 11.1 Å². The lowest BCUT2D eigenvalue weighted by molar-refractivity contribution is 0.885. The van der Waals surface area contributed by atoms with Crippen molar-refractivity contribution >= 4 is 46.0 Å². The van der Waals surface area contributed by atoms with E-state index in [0.29, 0.717) is 10.2 Å². The summed E-state index contributed by atoms with van der Waals surface area (Å²) in [6.45, 7) is 6.23. The van der Waals surface area contributed by atoms with Crippen LogP contribution in [0.4, 0.5) is 11.4 Å². The lowest BCUT2D eigenvalue weighted by Gasteiger charge is -2.15. The molecule has 0 heterocycles. The molecule has 2 aromatic rings. The van der Waals surface area contributed by atoms with Crippen molar-refractivity contribution in [3.05, 3.63) is 59.2 Å². The Kier molecular flexibility index (Phi) is 6.52. The van der Waals surface area contributed by atoms with Gasteiger partial charge in [0.25, 0.3) is 0 Å². The molecule has 0 atom stereocenters. The van der Waals surface area contributed by atoms with E-state index in [-0.39, 0.29) is 0 Å². The third-order valence-electron chi connectivity index (χ3n) is 3.54. The normalized spacial score (nSPS) is 9.96. The molecule has 0 aliphatic rings. The van der Waals surface area contributed by atoms with Crippen molar-refractivity contribution < 1.29 is 0 Å². The third-order valence-corrected chi connectivity index (χ3v) is 3.95. The van der Waals surface area contributed by atoms with Gasteiger partial charge in [0.15, 0.2) is 10.2 Å². The van der Waals surface area contributed by atoms with Crippen LogP contribution < -0.4 is 21.5 Å². The molecule has 0 amide bonds. The molecule has 0 fully saturated rings. The highest BCUT2D eigenvalue weighted by atomic mass is 32.1. The largest absolute Gasteiger partial charge is 0.331 e. The van der Waals surface area contributed by atoms with Crippen molar-refractivity contribution in [2.24, 2.45) is 0 Å². The van der Waals surface area contributed by atoms with Crippen LogP contribution in [0.3, 0.4) is 0 Å². The maximum absolute atomic E-state index is 5.27. The van der Waals surface area contributed by atoms with Crippen LogP contribution in [0.1, 0.15) is 23.6 Å². The summed E-state index contributed by atoms with van der Waals surface area (Å²) in [5, 5.41) is 7.14. The minimum Gasteiger partial charge on any atom is -0.331 e. The maximum atomic E-state index is 5.27. The van der Waals surface area contributed by atoms with Gasteiger partial charge in [-0.3, -0.25) is 10.9 Å². The van der Waals surface area contributed by atoms with E-state index in [2.05, 4.69) is 53.5 Å². The van der Waals surface area contributed by atoms with Crippen LogP contribution in [-0.4, -0.2) is 10.2 Å². The van der Waals surface area contributed by atoms with E-state index in [1.54, 1.807) is 0 Å². The van der Waals surface area contributed by atoms with Crippen molar-refractivity contribution in [3.8, 4) is 0 Å². The van der Waals surface area contributed by atoms with Gasteiger partial charge in [0, 0.05) is 11.4 Å². The molecule has 6 heteroatoms. The minimum absolute atomic E-state index is 0.448. The SMILES string of the molecule is CCc1ccc(NC(=S)NNC(=S)Nc2ccc(C)cc2C)cc1. The first-order chi connectivity index (χ1) is 11.5. The Balaban J connectivity index is 1.81. The first-order valence-electron chi connectivity index (χ1n) is 7.78. The Hall–Kier alpha value is -2.18. The van der Waals surface area contributed by atoms with Crippen molar-refractivity contribution in [1.29, 1.82) is 0 Å². The topological polar surface area (TPSA) is 48.1 Å². The summed E-state index contributed by atoms with van der Waals surface area (Å²) in [7, 11) is 0.